The van der Waals surface area contributed by atoms with Crippen molar-refractivity contribution >= 4 is 0 Å². The van der Waals surface area contributed by atoms with Crippen LogP contribution in [0.5, 0.6) is 0 Å². The fourth-order valence-corrected chi connectivity index (χ4v) is 2.27. The molecule has 0 aliphatic heterocycles. The van der Waals surface area contributed by atoms with Crippen LogP contribution in [0, 0.1) is 0 Å². The number of rotatable bonds is 11. The van der Waals surface area contributed by atoms with Gasteiger partial charge in [0, 0.05) is 25.3 Å². The lowest BCUT2D eigenvalue weighted by molar-refractivity contribution is 0.249. The molecule has 0 saturated carbocycles. The van der Waals surface area contributed by atoms with Crippen LogP contribution < -0.4 is 0 Å². The summed E-state index contributed by atoms with van der Waals surface area (Å²) >= 11 is 0. The van der Waals surface area contributed by atoms with Crippen LogP contribution in [-0.2, 0) is 0 Å². The Kier molecular flexibility index (Phi) is 11.3. The summed E-state index contributed by atoms with van der Waals surface area (Å²) in [5, 5.41) is 0. The number of hydrogen-bond donors (Lipinski definition) is 0. The first-order valence-electron chi connectivity index (χ1n) is 7.85. The van der Waals surface area contributed by atoms with Gasteiger partial charge in [-0.3, -0.25) is 4.90 Å². The molecule has 0 spiro atoms. The number of hydrogen-bond acceptors (Lipinski definition) is 2. The van der Waals surface area contributed by atoms with Gasteiger partial charge >= 0.3 is 0 Å². The number of nitrogens with zero attached hydrogens (tertiary/aromatic N) is 2. The highest BCUT2D eigenvalue weighted by atomic mass is 15.2. The summed E-state index contributed by atoms with van der Waals surface area (Å²) in [6.45, 7) is 17.1. The Bertz CT molecular complexity index is 199. The maximum Gasteiger partial charge on any atom is 0.0380 e. The van der Waals surface area contributed by atoms with Gasteiger partial charge in [-0.05, 0) is 46.7 Å². The second-order valence-electron chi connectivity index (χ2n) is 4.94. The van der Waals surface area contributed by atoms with Crippen LogP contribution in [0.15, 0.2) is 11.8 Å². The number of unbranched alkanes of at least 4 members (excludes halogenated alkanes) is 2. The van der Waals surface area contributed by atoms with Crippen molar-refractivity contribution in [3.8, 4) is 0 Å². The smallest absolute Gasteiger partial charge is 0.0380 e. The van der Waals surface area contributed by atoms with E-state index in [4.69, 9.17) is 0 Å². The normalized spacial score (nSPS) is 12.2. The third-order valence-electron chi connectivity index (χ3n) is 3.54. The SMILES string of the molecule is C/C=C(\CN(CCCC)CCCC)N(CC)CC. The Morgan fingerprint density at radius 3 is 1.72 bits per heavy atom. The van der Waals surface area contributed by atoms with Gasteiger partial charge in [0.15, 0.2) is 0 Å². The van der Waals surface area contributed by atoms with Gasteiger partial charge < -0.3 is 4.90 Å². The zero-order chi connectivity index (χ0) is 13.8. The monoisotopic (exact) mass is 254 g/mol. The van der Waals surface area contributed by atoms with Crippen LogP contribution in [0.3, 0.4) is 0 Å². The van der Waals surface area contributed by atoms with Gasteiger partial charge in [0.25, 0.3) is 0 Å². The van der Waals surface area contributed by atoms with Crippen LogP contribution in [0.1, 0.15) is 60.3 Å². The summed E-state index contributed by atoms with van der Waals surface area (Å²) < 4.78 is 0. The summed E-state index contributed by atoms with van der Waals surface area (Å²) in [4.78, 5) is 5.10. The molecule has 0 aromatic rings. The van der Waals surface area contributed by atoms with Gasteiger partial charge in [0.05, 0.1) is 0 Å². The summed E-state index contributed by atoms with van der Waals surface area (Å²) in [6, 6.07) is 0. The topological polar surface area (TPSA) is 6.48 Å². The van der Waals surface area contributed by atoms with Crippen molar-refractivity contribution in [2.24, 2.45) is 0 Å². The van der Waals surface area contributed by atoms with Gasteiger partial charge in [-0.25, -0.2) is 0 Å². The largest absolute Gasteiger partial charge is 0.375 e. The molecule has 0 unspecified atom stereocenters. The van der Waals surface area contributed by atoms with E-state index in [1.807, 2.05) is 0 Å². The molecule has 0 aromatic heterocycles. The molecule has 0 aliphatic carbocycles. The Balaban J connectivity index is 4.40. The zero-order valence-electron chi connectivity index (χ0n) is 13.3. The van der Waals surface area contributed by atoms with Gasteiger partial charge in [-0.2, -0.15) is 0 Å². The highest BCUT2D eigenvalue weighted by Gasteiger charge is 2.10. The van der Waals surface area contributed by atoms with Crippen LogP contribution in [0.4, 0.5) is 0 Å². The average Bonchev–Trinajstić information content (AvgIpc) is 2.41. The third kappa shape index (κ3) is 7.05. The van der Waals surface area contributed by atoms with Crippen LogP contribution >= 0.6 is 0 Å². The molecule has 0 amide bonds. The minimum absolute atomic E-state index is 1.12. The lowest BCUT2D eigenvalue weighted by Crippen LogP contribution is -2.34. The zero-order valence-corrected chi connectivity index (χ0v) is 13.3. The molecular weight excluding hydrogens is 220 g/mol. The van der Waals surface area contributed by atoms with Gasteiger partial charge in [0.2, 0.25) is 0 Å². The van der Waals surface area contributed by atoms with E-state index >= 15 is 0 Å². The quantitative estimate of drug-likeness (QED) is 0.547. The molecule has 0 atom stereocenters. The van der Waals surface area contributed by atoms with E-state index in [1.54, 1.807) is 0 Å². The van der Waals surface area contributed by atoms with Crippen molar-refractivity contribution < 1.29 is 0 Å². The first kappa shape index (κ1) is 17.5. The Hall–Kier alpha value is -0.500. The van der Waals surface area contributed by atoms with Crippen molar-refractivity contribution in [3.63, 3.8) is 0 Å². The maximum absolute atomic E-state index is 2.63. The predicted octanol–water partition coefficient (Wildman–Crippen LogP) is 4.13. The van der Waals surface area contributed by atoms with Crippen LogP contribution in [0.2, 0.25) is 0 Å². The van der Waals surface area contributed by atoms with E-state index in [9.17, 15) is 0 Å². The van der Waals surface area contributed by atoms with Gasteiger partial charge in [-0.1, -0.05) is 32.8 Å². The summed E-state index contributed by atoms with van der Waals surface area (Å²) in [6.07, 6.45) is 7.51. The average molecular weight is 254 g/mol. The summed E-state index contributed by atoms with van der Waals surface area (Å²) in [5.74, 6) is 0. The molecule has 0 bridgehead atoms. The summed E-state index contributed by atoms with van der Waals surface area (Å²) in [7, 11) is 0. The minimum atomic E-state index is 1.12. The molecule has 0 aromatic carbocycles. The molecule has 0 rings (SSSR count). The Labute approximate surface area is 115 Å². The number of likely N-dealkylation sites (N-methyl/N-ethyl adjacent to an activating group) is 1. The molecular formula is C16H34N2. The van der Waals surface area contributed by atoms with Gasteiger partial charge in [0.1, 0.15) is 0 Å². The van der Waals surface area contributed by atoms with Crippen molar-refractivity contribution in [2.45, 2.75) is 60.3 Å². The van der Waals surface area contributed by atoms with E-state index in [-0.39, 0.29) is 0 Å². The lowest BCUT2D eigenvalue weighted by Gasteiger charge is -2.30. The standard InChI is InChI=1S/C16H34N2/c1-6-11-13-17(14-12-7-2)15-16(8-3)18(9-4)10-5/h8H,6-7,9-15H2,1-5H3/b16-8+. The van der Waals surface area contributed by atoms with Gasteiger partial charge in [-0.15, -0.1) is 0 Å². The molecule has 18 heavy (non-hydrogen) atoms. The van der Waals surface area contributed by atoms with Crippen molar-refractivity contribution in [2.75, 3.05) is 32.7 Å². The maximum atomic E-state index is 2.63. The second kappa shape index (κ2) is 11.6. The molecule has 0 saturated heterocycles. The van der Waals surface area contributed by atoms with Crippen molar-refractivity contribution in [1.82, 2.24) is 9.80 Å². The molecule has 108 valence electrons. The Morgan fingerprint density at radius 2 is 1.39 bits per heavy atom. The molecule has 2 heteroatoms. The predicted molar refractivity (Wildman–Crippen MR) is 82.9 cm³/mol. The van der Waals surface area contributed by atoms with E-state index in [2.05, 4.69) is 50.5 Å². The third-order valence-corrected chi connectivity index (χ3v) is 3.54. The highest BCUT2D eigenvalue weighted by Crippen LogP contribution is 2.09. The fraction of sp³-hybridized carbons (Fsp3) is 0.875. The lowest BCUT2D eigenvalue weighted by atomic mass is 10.2. The van der Waals surface area contributed by atoms with E-state index in [1.165, 1.54) is 44.5 Å². The van der Waals surface area contributed by atoms with Crippen molar-refractivity contribution in [1.29, 1.82) is 0 Å². The van der Waals surface area contributed by atoms with Crippen molar-refractivity contribution in [3.05, 3.63) is 11.8 Å². The highest BCUT2D eigenvalue weighted by molar-refractivity contribution is 5.02. The fourth-order valence-electron chi connectivity index (χ4n) is 2.27. The van der Waals surface area contributed by atoms with Crippen LogP contribution in [-0.4, -0.2) is 42.5 Å². The molecule has 0 N–H and O–H groups in total. The second-order valence-corrected chi connectivity index (χ2v) is 4.94. The van der Waals surface area contributed by atoms with E-state index < -0.39 is 0 Å². The first-order valence-corrected chi connectivity index (χ1v) is 7.85. The first-order chi connectivity index (χ1) is 8.73. The molecule has 0 fully saturated rings. The van der Waals surface area contributed by atoms with E-state index in [0.29, 0.717) is 0 Å². The molecule has 0 aliphatic rings. The number of allylic oxidation sites excluding steroid dienone is 1. The molecule has 2 nitrogen and oxygen atoms in total. The summed E-state index contributed by atoms with van der Waals surface area (Å²) in [5.41, 5.74) is 1.49. The van der Waals surface area contributed by atoms with Crippen LogP contribution in [0.25, 0.3) is 0 Å². The van der Waals surface area contributed by atoms with E-state index in [0.717, 1.165) is 19.6 Å². The molecule has 0 heterocycles. The molecule has 0 radical (unpaired) electrons. The Morgan fingerprint density at radius 1 is 0.889 bits per heavy atom. The minimum Gasteiger partial charge on any atom is -0.375 e.